The Morgan fingerprint density at radius 1 is 1.33 bits per heavy atom. The van der Waals surface area contributed by atoms with Crippen LogP contribution in [0.3, 0.4) is 0 Å². The Hall–Kier alpha value is -1.06. The molecular weight excluding hydrogens is 152 g/mol. The monoisotopic (exact) mass is 168 g/mol. The molecular formula is C8H16N4. The summed E-state index contributed by atoms with van der Waals surface area (Å²) in [6, 6.07) is 0. The van der Waals surface area contributed by atoms with Gasteiger partial charge in [-0.25, -0.2) is 0 Å². The van der Waals surface area contributed by atoms with E-state index in [1.54, 1.807) is 0 Å². The molecule has 0 aliphatic rings. The maximum Gasteiger partial charge on any atom is 0.242 e. The fraction of sp³-hybridized carbons (Fsp3) is 0.750. The first-order valence-corrected chi connectivity index (χ1v) is 4.04. The summed E-state index contributed by atoms with van der Waals surface area (Å²) >= 11 is 0. The molecule has 0 aliphatic heterocycles. The van der Waals surface area contributed by atoms with Gasteiger partial charge < -0.3 is 5.32 Å². The normalized spacial score (nSPS) is 11.8. The molecule has 0 bridgehead atoms. The molecule has 4 nitrogen and oxygen atoms in total. The van der Waals surface area contributed by atoms with Crippen molar-refractivity contribution in [2.24, 2.45) is 7.05 Å². The van der Waals surface area contributed by atoms with E-state index in [0.29, 0.717) is 5.95 Å². The molecule has 12 heavy (non-hydrogen) atoms. The molecule has 0 unspecified atom stereocenters. The molecule has 1 aromatic rings. The van der Waals surface area contributed by atoms with Gasteiger partial charge in [-0.3, -0.25) is 4.68 Å². The summed E-state index contributed by atoms with van der Waals surface area (Å²) in [5.74, 6) is 1.68. The van der Waals surface area contributed by atoms with Crippen molar-refractivity contribution in [2.75, 3.05) is 12.4 Å². The maximum absolute atomic E-state index is 4.34. The van der Waals surface area contributed by atoms with E-state index in [4.69, 9.17) is 0 Å². The second kappa shape index (κ2) is 2.77. The van der Waals surface area contributed by atoms with Gasteiger partial charge in [0.15, 0.2) is 0 Å². The minimum absolute atomic E-state index is 0.0524. The van der Waals surface area contributed by atoms with E-state index in [1.807, 2.05) is 18.8 Å². The van der Waals surface area contributed by atoms with Crippen LogP contribution in [0.15, 0.2) is 0 Å². The van der Waals surface area contributed by atoms with E-state index in [9.17, 15) is 0 Å². The van der Waals surface area contributed by atoms with Crippen LogP contribution in [0.4, 0.5) is 5.95 Å². The van der Waals surface area contributed by atoms with Gasteiger partial charge in [-0.15, -0.1) is 5.10 Å². The van der Waals surface area contributed by atoms with Crippen LogP contribution in [0.25, 0.3) is 0 Å². The average molecular weight is 168 g/mol. The van der Waals surface area contributed by atoms with E-state index in [-0.39, 0.29) is 5.41 Å². The summed E-state index contributed by atoms with van der Waals surface area (Å²) in [5.41, 5.74) is 0.0524. The number of anilines is 1. The van der Waals surface area contributed by atoms with Crippen molar-refractivity contribution in [1.29, 1.82) is 0 Å². The van der Waals surface area contributed by atoms with Crippen molar-refractivity contribution in [2.45, 2.75) is 26.2 Å². The SMILES string of the molecule is CNc1nc(C(C)(C)C)n(C)n1. The van der Waals surface area contributed by atoms with Crippen LogP contribution < -0.4 is 5.32 Å². The first kappa shape index (κ1) is 9.03. The second-order valence-corrected chi connectivity index (χ2v) is 3.88. The van der Waals surface area contributed by atoms with Crippen LogP contribution in [0.1, 0.15) is 26.6 Å². The topological polar surface area (TPSA) is 42.7 Å². The smallest absolute Gasteiger partial charge is 0.242 e. The van der Waals surface area contributed by atoms with Gasteiger partial charge in [0.1, 0.15) is 5.82 Å². The van der Waals surface area contributed by atoms with E-state index in [1.165, 1.54) is 0 Å². The van der Waals surface area contributed by atoms with Crippen molar-refractivity contribution in [3.8, 4) is 0 Å². The summed E-state index contributed by atoms with van der Waals surface area (Å²) in [6.45, 7) is 6.36. The highest BCUT2D eigenvalue weighted by atomic mass is 15.4. The Morgan fingerprint density at radius 3 is 2.17 bits per heavy atom. The van der Waals surface area contributed by atoms with Gasteiger partial charge >= 0.3 is 0 Å². The van der Waals surface area contributed by atoms with Crippen molar-refractivity contribution in [1.82, 2.24) is 14.8 Å². The Balaban J connectivity index is 3.08. The molecule has 0 saturated carbocycles. The first-order chi connectivity index (χ1) is 5.45. The van der Waals surface area contributed by atoms with Gasteiger partial charge in [0.25, 0.3) is 0 Å². The molecule has 0 spiro atoms. The van der Waals surface area contributed by atoms with Gasteiger partial charge in [0.2, 0.25) is 5.95 Å². The first-order valence-electron chi connectivity index (χ1n) is 4.04. The van der Waals surface area contributed by atoms with Crippen LogP contribution in [-0.4, -0.2) is 21.8 Å². The lowest BCUT2D eigenvalue weighted by Gasteiger charge is -2.15. The molecule has 1 aromatic heterocycles. The molecule has 0 aromatic carbocycles. The third kappa shape index (κ3) is 1.57. The van der Waals surface area contributed by atoms with Crippen LogP contribution in [0.2, 0.25) is 0 Å². The van der Waals surface area contributed by atoms with E-state index in [0.717, 1.165) is 5.82 Å². The van der Waals surface area contributed by atoms with Crippen LogP contribution >= 0.6 is 0 Å². The molecule has 0 aliphatic carbocycles. The lowest BCUT2D eigenvalue weighted by molar-refractivity contribution is 0.506. The largest absolute Gasteiger partial charge is 0.356 e. The molecule has 0 radical (unpaired) electrons. The molecule has 1 heterocycles. The third-order valence-corrected chi connectivity index (χ3v) is 1.66. The number of hydrogen-bond acceptors (Lipinski definition) is 3. The van der Waals surface area contributed by atoms with E-state index in [2.05, 4.69) is 36.2 Å². The van der Waals surface area contributed by atoms with E-state index >= 15 is 0 Å². The van der Waals surface area contributed by atoms with Crippen molar-refractivity contribution < 1.29 is 0 Å². The minimum atomic E-state index is 0.0524. The Morgan fingerprint density at radius 2 is 1.92 bits per heavy atom. The molecule has 0 fully saturated rings. The van der Waals surface area contributed by atoms with Gasteiger partial charge in [-0.1, -0.05) is 20.8 Å². The zero-order valence-electron chi connectivity index (χ0n) is 8.34. The summed E-state index contributed by atoms with van der Waals surface area (Å²) in [5, 5.41) is 7.11. The highest BCUT2D eigenvalue weighted by Gasteiger charge is 2.20. The minimum Gasteiger partial charge on any atom is -0.356 e. The Labute approximate surface area is 73.0 Å². The number of aromatic nitrogens is 3. The highest BCUT2D eigenvalue weighted by molar-refractivity contribution is 5.23. The number of nitrogens with zero attached hydrogens (tertiary/aromatic N) is 3. The number of nitrogens with one attached hydrogen (secondary N) is 1. The van der Waals surface area contributed by atoms with Gasteiger partial charge in [0.05, 0.1) is 0 Å². The summed E-state index contributed by atoms with van der Waals surface area (Å²) < 4.78 is 1.81. The third-order valence-electron chi connectivity index (χ3n) is 1.66. The van der Waals surface area contributed by atoms with E-state index < -0.39 is 0 Å². The molecule has 0 amide bonds. The number of aryl methyl sites for hydroxylation is 1. The van der Waals surface area contributed by atoms with Gasteiger partial charge in [0, 0.05) is 19.5 Å². The number of rotatable bonds is 1. The van der Waals surface area contributed by atoms with Crippen molar-refractivity contribution in [3.63, 3.8) is 0 Å². The van der Waals surface area contributed by atoms with Crippen molar-refractivity contribution in [3.05, 3.63) is 5.82 Å². The lowest BCUT2D eigenvalue weighted by Crippen LogP contribution is -2.17. The summed E-state index contributed by atoms with van der Waals surface area (Å²) in [7, 11) is 3.73. The maximum atomic E-state index is 4.34. The van der Waals surface area contributed by atoms with Gasteiger partial charge in [-0.2, -0.15) is 4.98 Å². The zero-order chi connectivity index (χ0) is 9.35. The van der Waals surface area contributed by atoms with Gasteiger partial charge in [-0.05, 0) is 0 Å². The molecule has 1 rings (SSSR count). The molecule has 1 N–H and O–H groups in total. The zero-order valence-corrected chi connectivity index (χ0v) is 8.34. The molecule has 4 heteroatoms. The quantitative estimate of drug-likeness (QED) is 0.684. The fourth-order valence-corrected chi connectivity index (χ4v) is 1.14. The predicted molar refractivity (Wildman–Crippen MR) is 49.2 cm³/mol. The molecule has 68 valence electrons. The molecule has 0 saturated heterocycles. The average Bonchev–Trinajstić information content (AvgIpc) is 2.29. The Kier molecular flexibility index (Phi) is 2.08. The van der Waals surface area contributed by atoms with Crippen LogP contribution in [0, 0.1) is 0 Å². The summed E-state index contributed by atoms with van der Waals surface area (Å²) in [4.78, 5) is 4.34. The number of hydrogen-bond donors (Lipinski definition) is 1. The lowest BCUT2D eigenvalue weighted by atomic mass is 9.96. The Bertz CT molecular complexity index is 269. The highest BCUT2D eigenvalue weighted by Crippen LogP contribution is 2.20. The van der Waals surface area contributed by atoms with Crippen LogP contribution in [-0.2, 0) is 12.5 Å². The van der Waals surface area contributed by atoms with Crippen molar-refractivity contribution >= 4 is 5.95 Å². The van der Waals surface area contributed by atoms with Crippen LogP contribution in [0.5, 0.6) is 0 Å². The molecule has 0 atom stereocenters. The standard InChI is InChI=1S/C8H16N4/c1-8(2,3)6-10-7(9-4)11-12(6)5/h1-5H3,(H,9,11). The second-order valence-electron chi connectivity index (χ2n) is 3.88. The predicted octanol–water partition coefficient (Wildman–Crippen LogP) is 1.15. The summed E-state index contributed by atoms with van der Waals surface area (Å²) in [6.07, 6.45) is 0. The fourth-order valence-electron chi connectivity index (χ4n) is 1.14.